The Labute approximate surface area is 129 Å². The summed E-state index contributed by atoms with van der Waals surface area (Å²) in [4.78, 5) is 0. The fourth-order valence-electron chi connectivity index (χ4n) is 2.15. The smallest absolute Gasteiger partial charge is 0.167 e. The van der Waals surface area contributed by atoms with Crippen molar-refractivity contribution in [2.24, 2.45) is 11.8 Å². The lowest BCUT2D eigenvalue weighted by Gasteiger charge is -2.16. The van der Waals surface area contributed by atoms with E-state index in [4.69, 9.17) is 9.47 Å². The second-order valence-electron chi connectivity index (χ2n) is 5.98. The fourth-order valence-corrected chi connectivity index (χ4v) is 2.15. The summed E-state index contributed by atoms with van der Waals surface area (Å²) in [5.41, 5.74) is 2.43. The summed E-state index contributed by atoms with van der Waals surface area (Å²) in [6, 6.07) is 5.97. The van der Waals surface area contributed by atoms with Crippen molar-refractivity contribution in [2.75, 3.05) is 27.3 Å². The molecular formula is C18H29NO2. The van der Waals surface area contributed by atoms with Gasteiger partial charge in [0.15, 0.2) is 11.5 Å². The first-order chi connectivity index (χ1) is 9.99. The molecule has 118 valence electrons. The molecule has 1 N–H and O–H groups in total. The van der Waals surface area contributed by atoms with E-state index in [9.17, 15) is 0 Å². The van der Waals surface area contributed by atoms with Crippen molar-refractivity contribution in [3.8, 4) is 11.5 Å². The summed E-state index contributed by atoms with van der Waals surface area (Å²) in [7, 11) is 3.35. The van der Waals surface area contributed by atoms with Gasteiger partial charge in [0.25, 0.3) is 0 Å². The fraction of sp³-hybridized carbons (Fsp3) is 0.556. The summed E-state index contributed by atoms with van der Waals surface area (Å²) in [6.07, 6.45) is 2.21. The van der Waals surface area contributed by atoms with Crippen LogP contribution < -0.4 is 14.8 Å². The number of hydrogen-bond donors (Lipinski definition) is 1. The average Bonchev–Trinajstić information content (AvgIpc) is 2.45. The van der Waals surface area contributed by atoms with Gasteiger partial charge in [-0.25, -0.2) is 0 Å². The van der Waals surface area contributed by atoms with E-state index >= 15 is 0 Å². The van der Waals surface area contributed by atoms with Crippen LogP contribution in [0.4, 0.5) is 0 Å². The third-order valence-electron chi connectivity index (χ3n) is 3.40. The van der Waals surface area contributed by atoms with E-state index in [2.05, 4.69) is 45.2 Å². The van der Waals surface area contributed by atoms with Gasteiger partial charge in [-0.3, -0.25) is 0 Å². The highest BCUT2D eigenvalue weighted by Crippen LogP contribution is 2.32. The van der Waals surface area contributed by atoms with Crippen LogP contribution in [-0.4, -0.2) is 27.3 Å². The zero-order valence-corrected chi connectivity index (χ0v) is 14.2. The maximum absolute atomic E-state index is 5.50. The van der Waals surface area contributed by atoms with Crippen LogP contribution in [0.3, 0.4) is 0 Å². The Morgan fingerprint density at radius 3 is 2.38 bits per heavy atom. The summed E-state index contributed by atoms with van der Waals surface area (Å²) >= 11 is 0. The molecule has 0 atom stereocenters. The van der Waals surface area contributed by atoms with Crippen molar-refractivity contribution < 1.29 is 9.47 Å². The van der Waals surface area contributed by atoms with E-state index in [1.54, 1.807) is 14.2 Å². The van der Waals surface area contributed by atoms with Crippen molar-refractivity contribution in [1.82, 2.24) is 5.32 Å². The standard InChI is InChI=1S/C18H29NO2/c1-13(2)11-19-12-16(14(3)4)10-15-8-7-9-17(20-5)18(15)21-6/h7-10,13-14,19H,11-12H2,1-6H3. The Morgan fingerprint density at radius 2 is 1.86 bits per heavy atom. The van der Waals surface area contributed by atoms with Gasteiger partial charge < -0.3 is 14.8 Å². The predicted molar refractivity (Wildman–Crippen MR) is 90.1 cm³/mol. The molecule has 0 aliphatic rings. The molecule has 1 aromatic carbocycles. The SMILES string of the molecule is COc1cccc(C=C(CNCC(C)C)C(C)C)c1OC. The van der Waals surface area contributed by atoms with Gasteiger partial charge in [-0.15, -0.1) is 0 Å². The molecule has 1 rings (SSSR count). The number of nitrogens with one attached hydrogen (secondary N) is 1. The molecule has 0 fully saturated rings. The average molecular weight is 291 g/mol. The Kier molecular flexibility index (Phi) is 7.30. The summed E-state index contributed by atoms with van der Waals surface area (Å²) < 4.78 is 10.9. The molecule has 3 heteroatoms. The highest BCUT2D eigenvalue weighted by Gasteiger charge is 2.10. The Morgan fingerprint density at radius 1 is 1.14 bits per heavy atom. The molecule has 1 aromatic rings. The van der Waals surface area contributed by atoms with E-state index in [1.807, 2.05) is 12.1 Å². The molecule has 0 saturated heterocycles. The second kappa shape index (κ2) is 8.73. The number of hydrogen-bond acceptors (Lipinski definition) is 3. The van der Waals surface area contributed by atoms with E-state index in [-0.39, 0.29) is 0 Å². The van der Waals surface area contributed by atoms with Crippen LogP contribution in [0.25, 0.3) is 6.08 Å². The molecule has 0 unspecified atom stereocenters. The largest absolute Gasteiger partial charge is 0.493 e. The van der Waals surface area contributed by atoms with E-state index in [0.29, 0.717) is 11.8 Å². The predicted octanol–water partition coefficient (Wildman–Crippen LogP) is 3.99. The highest BCUT2D eigenvalue weighted by atomic mass is 16.5. The molecule has 3 nitrogen and oxygen atoms in total. The van der Waals surface area contributed by atoms with Gasteiger partial charge in [0, 0.05) is 12.1 Å². The molecule has 0 aromatic heterocycles. The molecule has 0 radical (unpaired) electrons. The zero-order valence-electron chi connectivity index (χ0n) is 14.2. The molecule has 0 amide bonds. The van der Waals surface area contributed by atoms with Crippen molar-refractivity contribution in [1.29, 1.82) is 0 Å². The minimum Gasteiger partial charge on any atom is -0.493 e. The first-order valence-electron chi connectivity index (χ1n) is 7.61. The molecular weight excluding hydrogens is 262 g/mol. The van der Waals surface area contributed by atoms with Crippen LogP contribution in [-0.2, 0) is 0 Å². The lowest BCUT2D eigenvalue weighted by atomic mass is 9.99. The second-order valence-corrected chi connectivity index (χ2v) is 5.98. The number of ether oxygens (including phenoxy) is 2. The van der Waals surface area contributed by atoms with Crippen LogP contribution >= 0.6 is 0 Å². The van der Waals surface area contributed by atoms with E-state index in [0.717, 1.165) is 30.2 Å². The molecule has 0 saturated carbocycles. The Balaban J connectivity index is 2.99. The summed E-state index contributed by atoms with van der Waals surface area (Å²) in [5.74, 6) is 2.71. The van der Waals surface area contributed by atoms with Gasteiger partial charge in [-0.05, 0) is 24.4 Å². The quantitative estimate of drug-likeness (QED) is 0.785. The van der Waals surface area contributed by atoms with Crippen LogP contribution in [0.5, 0.6) is 11.5 Å². The van der Waals surface area contributed by atoms with Crippen molar-refractivity contribution in [2.45, 2.75) is 27.7 Å². The van der Waals surface area contributed by atoms with Crippen LogP contribution in [0.2, 0.25) is 0 Å². The van der Waals surface area contributed by atoms with Crippen LogP contribution in [0, 0.1) is 11.8 Å². The van der Waals surface area contributed by atoms with Crippen molar-refractivity contribution >= 4 is 6.08 Å². The van der Waals surface area contributed by atoms with Crippen molar-refractivity contribution in [3.63, 3.8) is 0 Å². The number of para-hydroxylation sites is 1. The monoisotopic (exact) mass is 291 g/mol. The van der Waals surface area contributed by atoms with Gasteiger partial charge >= 0.3 is 0 Å². The van der Waals surface area contributed by atoms with Crippen LogP contribution in [0.1, 0.15) is 33.3 Å². The topological polar surface area (TPSA) is 30.5 Å². The molecule has 0 heterocycles. The van der Waals surface area contributed by atoms with E-state index in [1.165, 1.54) is 5.57 Å². The minimum atomic E-state index is 0.487. The lowest BCUT2D eigenvalue weighted by molar-refractivity contribution is 0.354. The maximum atomic E-state index is 5.50. The van der Waals surface area contributed by atoms with Gasteiger partial charge in [0.1, 0.15) is 0 Å². The maximum Gasteiger partial charge on any atom is 0.167 e. The lowest BCUT2D eigenvalue weighted by Crippen LogP contribution is -2.23. The summed E-state index contributed by atoms with van der Waals surface area (Å²) in [5, 5.41) is 3.51. The Bertz CT molecular complexity index is 464. The number of benzene rings is 1. The molecule has 0 bridgehead atoms. The van der Waals surface area contributed by atoms with Crippen LogP contribution in [0.15, 0.2) is 23.8 Å². The van der Waals surface area contributed by atoms with Gasteiger partial charge in [-0.1, -0.05) is 51.5 Å². The number of rotatable bonds is 8. The number of methoxy groups -OCH3 is 2. The minimum absolute atomic E-state index is 0.487. The van der Waals surface area contributed by atoms with Crippen molar-refractivity contribution in [3.05, 3.63) is 29.3 Å². The zero-order chi connectivity index (χ0) is 15.8. The van der Waals surface area contributed by atoms with E-state index < -0.39 is 0 Å². The molecule has 0 aliphatic carbocycles. The van der Waals surface area contributed by atoms with Gasteiger partial charge in [0.05, 0.1) is 14.2 Å². The first-order valence-corrected chi connectivity index (χ1v) is 7.61. The molecule has 0 aliphatic heterocycles. The third kappa shape index (κ3) is 5.43. The highest BCUT2D eigenvalue weighted by molar-refractivity contribution is 5.64. The van der Waals surface area contributed by atoms with Gasteiger partial charge in [0.2, 0.25) is 0 Å². The molecule has 21 heavy (non-hydrogen) atoms. The third-order valence-corrected chi connectivity index (χ3v) is 3.40. The molecule has 0 spiro atoms. The first kappa shape index (κ1) is 17.6. The summed E-state index contributed by atoms with van der Waals surface area (Å²) in [6.45, 7) is 10.8. The van der Waals surface area contributed by atoms with Gasteiger partial charge in [-0.2, -0.15) is 0 Å². The normalized spacial score (nSPS) is 12.1. The Hall–Kier alpha value is -1.48.